The molecule has 0 N–H and O–H groups in total. The molecule has 1 rings (SSSR count). The first-order valence-electron chi connectivity index (χ1n) is 5.52. The monoisotopic (exact) mass is 236 g/mol. The number of esters is 1. The van der Waals surface area contributed by atoms with E-state index in [1.165, 1.54) is 0 Å². The van der Waals surface area contributed by atoms with Gasteiger partial charge in [-0.3, -0.25) is 9.59 Å². The Morgan fingerprint density at radius 3 is 2.65 bits per heavy atom. The quantitative estimate of drug-likeness (QED) is 0.447. The van der Waals surface area contributed by atoms with Crippen LogP contribution in [-0.4, -0.2) is 18.9 Å². The van der Waals surface area contributed by atoms with Crippen LogP contribution in [0.3, 0.4) is 0 Å². The Hall–Kier alpha value is -1.84. The summed E-state index contributed by atoms with van der Waals surface area (Å²) in [5.41, 5.74) is 0.441. The van der Waals surface area contributed by atoms with E-state index in [1.807, 2.05) is 6.92 Å². The lowest BCUT2D eigenvalue weighted by atomic mass is 10.2. The van der Waals surface area contributed by atoms with Crippen LogP contribution in [0.2, 0.25) is 0 Å². The van der Waals surface area contributed by atoms with Crippen LogP contribution in [0.15, 0.2) is 18.2 Å². The molecule has 0 aliphatic carbocycles. The lowest BCUT2D eigenvalue weighted by molar-refractivity contribution is -0.137. The SMILES string of the molecule is CCOc1cc(OC(=O)C(C)C)ccc1C=O. The predicted molar refractivity (Wildman–Crippen MR) is 63.5 cm³/mol. The van der Waals surface area contributed by atoms with Crippen molar-refractivity contribution in [1.29, 1.82) is 0 Å². The largest absolute Gasteiger partial charge is 0.493 e. The average molecular weight is 236 g/mol. The number of benzene rings is 1. The molecule has 0 aliphatic heterocycles. The van der Waals surface area contributed by atoms with Gasteiger partial charge in [-0.25, -0.2) is 0 Å². The zero-order valence-electron chi connectivity index (χ0n) is 10.2. The van der Waals surface area contributed by atoms with Crippen LogP contribution in [-0.2, 0) is 4.79 Å². The summed E-state index contributed by atoms with van der Waals surface area (Å²) in [5.74, 6) is 0.303. The molecule has 0 saturated heterocycles. The number of carbonyl (C=O) groups is 2. The highest BCUT2D eigenvalue weighted by atomic mass is 16.5. The van der Waals surface area contributed by atoms with Crippen LogP contribution in [0.25, 0.3) is 0 Å². The van der Waals surface area contributed by atoms with Gasteiger partial charge < -0.3 is 9.47 Å². The summed E-state index contributed by atoms with van der Waals surface area (Å²) in [6.45, 7) is 5.78. The van der Waals surface area contributed by atoms with Crippen LogP contribution >= 0.6 is 0 Å². The summed E-state index contributed by atoms with van der Waals surface area (Å²) < 4.78 is 10.4. The smallest absolute Gasteiger partial charge is 0.313 e. The van der Waals surface area contributed by atoms with Gasteiger partial charge in [0.15, 0.2) is 6.29 Å². The predicted octanol–water partition coefficient (Wildman–Crippen LogP) is 2.46. The van der Waals surface area contributed by atoms with E-state index in [0.717, 1.165) is 0 Å². The van der Waals surface area contributed by atoms with Gasteiger partial charge in [0.25, 0.3) is 0 Å². The van der Waals surface area contributed by atoms with E-state index >= 15 is 0 Å². The number of hydrogen-bond donors (Lipinski definition) is 0. The van der Waals surface area contributed by atoms with Crippen molar-refractivity contribution in [1.82, 2.24) is 0 Å². The standard InChI is InChI=1S/C13H16O4/c1-4-16-12-7-11(6-5-10(12)8-14)17-13(15)9(2)3/h5-9H,4H2,1-3H3. The van der Waals surface area contributed by atoms with Crippen molar-refractivity contribution < 1.29 is 19.1 Å². The van der Waals surface area contributed by atoms with Crippen molar-refractivity contribution in [3.63, 3.8) is 0 Å². The van der Waals surface area contributed by atoms with Crippen LogP contribution in [0.5, 0.6) is 11.5 Å². The van der Waals surface area contributed by atoms with Crippen molar-refractivity contribution >= 4 is 12.3 Å². The Balaban J connectivity index is 2.91. The topological polar surface area (TPSA) is 52.6 Å². The van der Waals surface area contributed by atoms with Crippen LogP contribution in [0, 0.1) is 5.92 Å². The number of carbonyl (C=O) groups excluding carboxylic acids is 2. The van der Waals surface area contributed by atoms with Crippen LogP contribution in [0.1, 0.15) is 31.1 Å². The third-order valence-corrected chi connectivity index (χ3v) is 2.10. The Labute approximate surface area is 101 Å². The summed E-state index contributed by atoms with van der Waals surface area (Å²) >= 11 is 0. The van der Waals surface area contributed by atoms with Gasteiger partial charge in [-0.15, -0.1) is 0 Å². The van der Waals surface area contributed by atoms with E-state index in [2.05, 4.69) is 0 Å². The molecule has 0 bridgehead atoms. The molecule has 92 valence electrons. The molecule has 0 aromatic heterocycles. The number of rotatable bonds is 5. The van der Waals surface area contributed by atoms with Gasteiger partial charge in [-0.05, 0) is 19.1 Å². The summed E-state index contributed by atoms with van der Waals surface area (Å²) in [7, 11) is 0. The summed E-state index contributed by atoms with van der Waals surface area (Å²) in [4.78, 5) is 22.2. The molecule has 4 nitrogen and oxygen atoms in total. The van der Waals surface area contributed by atoms with Crippen LogP contribution < -0.4 is 9.47 Å². The van der Waals surface area contributed by atoms with E-state index < -0.39 is 0 Å². The van der Waals surface area contributed by atoms with Crippen molar-refractivity contribution in [2.75, 3.05) is 6.61 Å². The molecule has 4 heteroatoms. The van der Waals surface area contributed by atoms with Crippen molar-refractivity contribution in [3.05, 3.63) is 23.8 Å². The van der Waals surface area contributed by atoms with Gasteiger partial charge in [0.05, 0.1) is 18.1 Å². The minimum Gasteiger partial charge on any atom is -0.493 e. The Bertz CT molecular complexity index is 410. The van der Waals surface area contributed by atoms with Gasteiger partial charge in [-0.2, -0.15) is 0 Å². The fourth-order valence-corrected chi connectivity index (χ4v) is 1.19. The maximum absolute atomic E-state index is 11.4. The highest BCUT2D eigenvalue weighted by molar-refractivity contribution is 5.80. The first-order chi connectivity index (χ1) is 8.08. The normalized spacial score (nSPS) is 10.1. The lowest BCUT2D eigenvalue weighted by Crippen LogP contribution is -2.14. The molecule has 17 heavy (non-hydrogen) atoms. The molecule has 1 aromatic carbocycles. The molecule has 0 amide bonds. The van der Waals surface area contributed by atoms with E-state index in [0.29, 0.717) is 30.0 Å². The third-order valence-electron chi connectivity index (χ3n) is 2.10. The number of ether oxygens (including phenoxy) is 2. The third kappa shape index (κ3) is 3.59. The lowest BCUT2D eigenvalue weighted by Gasteiger charge is -2.10. The molecule has 0 radical (unpaired) electrons. The molecule has 0 fully saturated rings. The maximum atomic E-state index is 11.4. The fraction of sp³-hybridized carbons (Fsp3) is 0.385. The molecule has 0 heterocycles. The van der Waals surface area contributed by atoms with Gasteiger partial charge >= 0.3 is 5.97 Å². The van der Waals surface area contributed by atoms with E-state index in [-0.39, 0.29) is 11.9 Å². The molecule has 0 saturated carbocycles. The molecule has 0 spiro atoms. The number of aldehydes is 1. The van der Waals surface area contributed by atoms with Gasteiger partial charge in [0, 0.05) is 6.07 Å². The second kappa shape index (κ2) is 6.03. The first-order valence-corrected chi connectivity index (χ1v) is 5.52. The van der Waals surface area contributed by atoms with Gasteiger partial charge in [-0.1, -0.05) is 13.8 Å². The van der Waals surface area contributed by atoms with Gasteiger partial charge in [0.2, 0.25) is 0 Å². The minimum absolute atomic E-state index is 0.198. The molecule has 0 aliphatic rings. The Morgan fingerprint density at radius 2 is 2.12 bits per heavy atom. The molecular formula is C13H16O4. The Morgan fingerprint density at radius 1 is 1.41 bits per heavy atom. The van der Waals surface area contributed by atoms with E-state index in [1.54, 1.807) is 32.0 Å². The fourth-order valence-electron chi connectivity index (χ4n) is 1.19. The average Bonchev–Trinajstić information content (AvgIpc) is 2.29. The molecule has 0 unspecified atom stereocenters. The maximum Gasteiger partial charge on any atom is 0.313 e. The van der Waals surface area contributed by atoms with Crippen molar-refractivity contribution in [2.24, 2.45) is 5.92 Å². The number of hydrogen-bond acceptors (Lipinski definition) is 4. The first kappa shape index (κ1) is 13.2. The second-order valence-electron chi connectivity index (χ2n) is 3.83. The zero-order valence-corrected chi connectivity index (χ0v) is 10.2. The molecule has 1 aromatic rings. The second-order valence-corrected chi connectivity index (χ2v) is 3.83. The van der Waals surface area contributed by atoms with E-state index in [4.69, 9.17) is 9.47 Å². The van der Waals surface area contributed by atoms with Gasteiger partial charge in [0.1, 0.15) is 11.5 Å². The summed E-state index contributed by atoms with van der Waals surface area (Å²) in [6, 6.07) is 4.70. The highest BCUT2D eigenvalue weighted by Crippen LogP contribution is 2.24. The van der Waals surface area contributed by atoms with Crippen molar-refractivity contribution in [3.8, 4) is 11.5 Å². The van der Waals surface area contributed by atoms with E-state index in [9.17, 15) is 9.59 Å². The highest BCUT2D eigenvalue weighted by Gasteiger charge is 2.11. The summed E-state index contributed by atoms with van der Waals surface area (Å²) in [6.07, 6.45) is 0.707. The molecule has 0 atom stereocenters. The molecular weight excluding hydrogens is 220 g/mol. The van der Waals surface area contributed by atoms with Crippen LogP contribution in [0.4, 0.5) is 0 Å². The Kier molecular flexibility index (Phi) is 4.69. The minimum atomic E-state index is -0.314. The van der Waals surface area contributed by atoms with Crippen molar-refractivity contribution in [2.45, 2.75) is 20.8 Å². The summed E-state index contributed by atoms with van der Waals surface area (Å²) in [5, 5.41) is 0. The zero-order chi connectivity index (χ0) is 12.8.